The summed E-state index contributed by atoms with van der Waals surface area (Å²) in [6.45, 7) is 0.759. The van der Waals surface area contributed by atoms with Crippen LogP contribution in [0.15, 0.2) is 42.6 Å². The first-order valence-electron chi connectivity index (χ1n) is 6.30. The molecule has 0 aliphatic carbocycles. The van der Waals surface area contributed by atoms with Crippen LogP contribution in [-0.2, 0) is 0 Å². The van der Waals surface area contributed by atoms with Crippen molar-refractivity contribution >= 4 is 17.5 Å². The van der Waals surface area contributed by atoms with E-state index in [-0.39, 0.29) is 5.69 Å². The van der Waals surface area contributed by atoms with Crippen molar-refractivity contribution in [1.82, 2.24) is 10.3 Å². The maximum absolute atomic E-state index is 13.3. The fraction of sp³-hybridized carbons (Fsp3) is 0.143. The van der Waals surface area contributed by atoms with Gasteiger partial charge in [-0.2, -0.15) is 0 Å². The molecule has 0 fully saturated rings. The maximum atomic E-state index is 13.3. The Bertz CT molecular complexity index is 607. The molecule has 1 aromatic heterocycles. The standard InChI is InChI=1S/C14H14F2N4O/c15-10-4-5-11(16)12(9-10)20-14(21)19-8-7-18-13-3-1-2-6-17-13/h1-6,9H,7-8H2,(H,17,18)(H2,19,20,21). The summed E-state index contributed by atoms with van der Waals surface area (Å²) in [7, 11) is 0. The first-order chi connectivity index (χ1) is 10.1. The number of nitrogens with one attached hydrogen (secondary N) is 3. The van der Waals surface area contributed by atoms with Gasteiger partial charge in [0.05, 0.1) is 5.69 Å². The van der Waals surface area contributed by atoms with Gasteiger partial charge in [-0.25, -0.2) is 18.6 Å². The molecule has 0 saturated heterocycles. The molecule has 0 aliphatic rings. The van der Waals surface area contributed by atoms with Crippen molar-refractivity contribution in [3.63, 3.8) is 0 Å². The topological polar surface area (TPSA) is 66.0 Å². The Hall–Kier alpha value is -2.70. The molecule has 0 spiro atoms. The second kappa shape index (κ2) is 7.18. The summed E-state index contributed by atoms with van der Waals surface area (Å²) in [5, 5.41) is 7.76. The maximum Gasteiger partial charge on any atom is 0.319 e. The van der Waals surface area contributed by atoms with Crippen LogP contribution in [0.25, 0.3) is 0 Å². The zero-order valence-electron chi connectivity index (χ0n) is 11.1. The Labute approximate surface area is 120 Å². The molecule has 0 unspecified atom stereocenters. The largest absolute Gasteiger partial charge is 0.368 e. The number of carbonyl (C=O) groups is 1. The zero-order valence-corrected chi connectivity index (χ0v) is 11.1. The Morgan fingerprint density at radius 2 is 2.00 bits per heavy atom. The van der Waals surface area contributed by atoms with Gasteiger partial charge in [0.1, 0.15) is 17.5 Å². The number of anilines is 2. The minimum atomic E-state index is -0.696. The highest BCUT2D eigenvalue weighted by Gasteiger charge is 2.07. The van der Waals surface area contributed by atoms with Crippen LogP contribution in [0.1, 0.15) is 0 Å². The highest BCUT2D eigenvalue weighted by atomic mass is 19.1. The van der Waals surface area contributed by atoms with Crippen LogP contribution in [0.4, 0.5) is 25.1 Å². The molecule has 2 amide bonds. The normalized spacial score (nSPS) is 10.0. The van der Waals surface area contributed by atoms with Crippen molar-refractivity contribution in [2.45, 2.75) is 0 Å². The average molecular weight is 292 g/mol. The SMILES string of the molecule is O=C(NCCNc1ccccn1)Nc1cc(F)ccc1F. The van der Waals surface area contributed by atoms with Crippen LogP contribution in [0.5, 0.6) is 0 Å². The van der Waals surface area contributed by atoms with E-state index in [1.54, 1.807) is 18.3 Å². The summed E-state index contributed by atoms with van der Waals surface area (Å²) in [6, 6.07) is 7.67. The Kier molecular flexibility index (Phi) is 5.03. The van der Waals surface area contributed by atoms with E-state index in [2.05, 4.69) is 20.9 Å². The molecule has 5 nitrogen and oxygen atoms in total. The minimum absolute atomic E-state index is 0.204. The lowest BCUT2D eigenvalue weighted by molar-refractivity contribution is 0.252. The van der Waals surface area contributed by atoms with Crippen LogP contribution in [0.2, 0.25) is 0 Å². The molecule has 21 heavy (non-hydrogen) atoms. The number of nitrogens with zero attached hydrogens (tertiary/aromatic N) is 1. The van der Waals surface area contributed by atoms with Gasteiger partial charge in [-0.05, 0) is 24.3 Å². The lowest BCUT2D eigenvalue weighted by atomic mass is 10.3. The summed E-state index contributed by atoms with van der Waals surface area (Å²) in [5.74, 6) is -0.627. The molecule has 110 valence electrons. The second-order valence-corrected chi connectivity index (χ2v) is 4.15. The van der Waals surface area contributed by atoms with Crippen molar-refractivity contribution < 1.29 is 13.6 Å². The number of aromatic nitrogens is 1. The van der Waals surface area contributed by atoms with E-state index in [1.165, 1.54) is 0 Å². The first-order valence-corrected chi connectivity index (χ1v) is 6.30. The molecule has 0 aliphatic heterocycles. The summed E-state index contributed by atoms with van der Waals surface area (Å²) in [6.07, 6.45) is 1.65. The molecule has 1 aromatic carbocycles. The lowest BCUT2D eigenvalue weighted by Gasteiger charge is -2.09. The van der Waals surface area contributed by atoms with E-state index < -0.39 is 17.7 Å². The van der Waals surface area contributed by atoms with Gasteiger partial charge in [0, 0.05) is 25.4 Å². The van der Waals surface area contributed by atoms with Gasteiger partial charge in [0.25, 0.3) is 0 Å². The van der Waals surface area contributed by atoms with Crippen LogP contribution >= 0.6 is 0 Å². The van der Waals surface area contributed by atoms with Crippen molar-refractivity contribution in [3.05, 3.63) is 54.2 Å². The zero-order chi connectivity index (χ0) is 15.1. The summed E-state index contributed by atoms with van der Waals surface area (Å²) in [5.41, 5.74) is -0.204. The van der Waals surface area contributed by atoms with Crippen molar-refractivity contribution in [1.29, 1.82) is 0 Å². The molecule has 0 saturated carbocycles. The van der Waals surface area contributed by atoms with Gasteiger partial charge >= 0.3 is 6.03 Å². The van der Waals surface area contributed by atoms with Crippen LogP contribution in [-0.4, -0.2) is 24.1 Å². The fourth-order valence-corrected chi connectivity index (χ4v) is 1.59. The number of pyridine rings is 1. The number of amides is 2. The van der Waals surface area contributed by atoms with Crippen molar-refractivity contribution in [2.24, 2.45) is 0 Å². The van der Waals surface area contributed by atoms with Gasteiger partial charge in [-0.15, -0.1) is 0 Å². The van der Waals surface area contributed by atoms with Gasteiger partial charge < -0.3 is 16.0 Å². The predicted molar refractivity (Wildman–Crippen MR) is 76.1 cm³/mol. The van der Waals surface area contributed by atoms with Crippen LogP contribution in [0.3, 0.4) is 0 Å². The second-order valence-electron chi connectivity index (χ2n) is 4.15. The number of halogens is 2. The monoisotopic (exact) mass is 292 g/mol. The predicted octanol–water partition coefficient (Wildman–Crippen LogP) is 2.59. The highest BCUT2D eigenvalue weighted by Crippen LogP contribution is 2.14. The van der Waals surface area contributed by atoms with Crippen molar-refractivity contribution in [2.75, 3.05) is 23.7 Å². The van der Waals surface area contributed by atoms with E-state index >= 15 is 0 Å². The first kappa shape index (κ1) is 14.7. The number of carbonyl (C=O) groups excluding carboxylic acids is 1. The number of hydrogen-bond acceptors (Lipinski definition) is 3. The molecule has 2 rings (SSSR count). The molecule has 0 bridgehead atoms. The number of hydrogen-bond donors (Lipinski definition) is 3. The summed E-state index contributed by atoms with van der Waals surface area (Å²) >= 11 is 0. The number of urea groups is 1. The molecule has 0 atom stereocenters. The summed E-state index contributed by atoms with van der Waals surface area (Å²) < 4.78 is 26.2. The quantitative estimate of drug-likeness (QED) is 0.742. The van der Waals surface area contributed by atoms with Crippen LogP contribution < -0.4 is 16.0 Å². The third-order valence-corrected chi connectivity index (χ3v) is 2.56. The van der Waals surface area contributed by atoms with Crippen molar-refractivity contribution in [3.8, 4) is 0 Å². The molecular formula is C14H14F2N4O. The third kappa shape index (κ3) is 4.72. The molecule has 1 heterocycles. The molecule has 0 radical (unpaired) electrons. The van der Waals surface area contributed by atoms with E-state index in [9.17, 15) is 13.6 Å². The van der Waals surface area contributed by atoms with E-state index in [4.69, 9.17) is 0 Å². The van der Waals surface area contributed by atoms with E-state index in [0.29, 0.717) is 18.9 Å². The fourth-order valence-electron chi connectivity index (χ4n) is 1.59. The lowest BCUT2D eigenvalue weighted by Crippen LogP contribution is -2.33. The van der Waals surface area contributed by atoms with E-state index in [1.807, 2.05) is 6.07 Å². The molecule has 7 heteroatoms. The number of rotatable bonds is 5. The third-order valence-electron chi connectivity index (χ3n) is 2.56. The van der Waals surface area contributed by atoms with Gasteiger partial charge in [0.2, 0.25) is 0 Å². The van der Waals surface area contributed by atoms with Gasteiger partial charge in [-0.1, -0.05) is 6.07 Å². The average Bonchev–Trinajstić information content (AvgIpc) is 2.48. The van der Waals surface area contributed by atoms with Crippen LogP contribution in [0, 0.1) is 11.6 Å². The number of benzene rings is 1. The Morgan fingerprint density at radius 3 is 2.76 bits per heavy atom. The molecule has 2 aromatic rings. The highest BCUT2D eigenvalue weighted by molar-refractivity contribution is 5.89. The van der Waals surface area contributed by atoms with Gasteiger partial charge in [0.15, 0.2) is 0 Å². The van der Waals surface area contributed by atoms with Gasteiger partial charge in [-0.3, -0.25) is 0 Å². The Morgan fingerprint density at radius 1 is 1.14 bits per heavy atom. The smallest absolute Gasteiger partial charge is 0.319 e. The summed E-state index contributed by atoms with van der Waals surface area (Å²) in [4.78, 5) is 15.6. The molecular weight excluding hydrogens is 278 g/mol. The Balaban J connectivity index is 1.74. The molecule has 3 N–H and O–H groups in total. The minimum Gasteiger partial charge on any atom is -0.368 e. The van der Waals surface area contributed by atoms with E-state index in [0.717, 1.165) is 18.2 Å².